The molecule has 0 spiro atoms. The highest BCUT2D eigenvalue weighted by Gasteiger charge is 2.29. The lowest BCUT2D eigenvalue weighted by atomic mass is 9.89. The van der Waals surface area contributed by atoms with Crippen molar-refractivity contribution in [3.63, 3.8) is 0 Å². The van der Waals surface area contributed by atoms with E-state index >= 15 is 0 Å². The summed E-state index contributed by atoms with van der Waals surface area (Å²) in [4.78, 5) is 3.41. The molecule has 0 bridgehead atoms. The first kappa shape index (κ1) is 22.6. The second kappa shape index (κ2) is 10.00. The van der Waals surface area contributed by atoms with Gasteiger partial charge < -0.3 is 9.72 Å². The number of aromatic amines is 1. The Labute approximate surface area is 197 Å². The van der Waals surface area contributed by atoms with Crippen LogP contribution in [0.25, 0.3) is 22.0 Å². The number of rotatable bonds is 8. The fourth-order valence-corrected chi connectivity index (χ4v) is 6.81. The summed E-state index contributed by atoms with van der Waals surface area (Å²) in [5.74, 6) is 1.09. The zero-order valence-corrected chi connectivity index (χ0v) is 20.0. The van der Waals surface area contributed by atoms with Crippen molar-refractivity contribution in [2.75, 3.05) is 32.1 Å². The lowest BCUT2D eigenvalue weighted by Crippen LogP contribution is -2.40. The highest BCUT2D eigenvalue weighted by molar-refractivity contribution is 7.89. The van der Waals surface area contributed by atoms with E-state index in [4.69, 9.17) is 4.74 Å². The number of benzene rings is 2. The van der Waals surface area contributed by atoms with Crippen molar-refractivity contribution >= 4 is 20.9 Å². The average Bonchev–Trinajstić information content (AvgIpc) is 3.52. The molecule has 1 aliphatic carbocycles. The molecule has 1 saturated carbocycles. The lowest BCUT2D eigenvalue weighted by molar-refractivity contribution is 0.113. The van der Waals surface area contributed by atoms with Gasteiger partial charge in [-0.3, -0.25) is 0 Å². The minimum atomic E-state index is -3.26. The number of hydrogen-bond acceptors (Lipinski definition) is 3. The van der Waals surface area contributed by atoms with E-state index in [1.807, 2.05) is 6.07 Å². The van der Waals surface area contributed by atoms with Crippen LogP contribution in [0.1, 0.15) is 50.0 Å². The van der Waals surface area contributed by atoms with Gasteiger partial charge in [-0.25, -0.2) is 12.7 Å². The summed E-state index contributed by atoms with van der Waals surface area (Å²) in [6, 6.07) is 17.0. The molecule has 2 fully saturated rings. The van der Waals surface area contributed by atoms with Crippen molar-refractivity contribution in [2.45, 2.75) is 44.4 Å². The first-order chi connectivity index (χ1) is 16.1. The molecule has 1 N–H and O–H groups in total. The molecule has 2 aliphatic rings. The fourth-order valence-electron chi connectivity index (χ4n) is 5.46. The lowest BCUT2D eigenvalue weighted by Gasteiger charge is -2.31. The van der Waals surface area contributed by atoms with E-state index in [0.29, 0.717) is 38.1 Å². The third-order valence-corrected chi connectivity index (χ3v) is 9.26. The van der Waals surface area contributed by atoms with E-state index in [1.165, 1.54) is 47.8 Å². The Morgan fingerprint density at radius 2 is 1.70 bits per heavy atom. The van der Waals surface area contributed by atoms with E-state index in [-0.39, 0.29) is 5.75 Å². The van der Waals surface area contributed by atoms with Gasteiger partial charge in [-0.2, -0.15) is 0 Å². The average molecular weight is 467 g/mol. The Bertz CT molecular complexity index is 1160. The smallest absolute Gasteiger partial charge is 0.216 e. The quantitative estimate of drug-likeness (QED) is 0.443. The molecule has 1 aliphatic heterocycles. The molecule has 1 saturated heterocycles. The van der Waals surface area contributed by atoms with Gasteiger partial charge in [0.1, 0.15) is 0 Å². The van der Waals surface area contributed by atoms with Crippen molar-refractivity contribution in [1.29, 1.82) is 0 Å². The number of piperidine rings is 1. The van der Waals surface area contributed by atoms with Crippen molar-refractivity contribution in [3.8, 4) is 11.1 Å². The second-order valence-corrected chi connectivity index (χ2v) is 11.7. The van der Waals surface area contributed by atoms with Crippen LogP contribution in [0.2, 0.25) is 0 Å². The molecule has 3 aromatic rings. The van der Waals surface area contributed by atoms with E-state index in [2.05, 4.69) is 53.6 Å². The number of hydrogen-bond donors (Lipinski definition) is 1. The second-order valence-electron chi connectivity index (χ2n) is 9.59. The molecule has 0 radical (unpaired) electrons. The minimum absolute atomic E-state index is 0.0951. The van der Waals surface area contributed by atoms with Crippen LogP contribution in [-0.4, -0.2) is 49.8 Å². The first-order valence-corrected chi connectivity index (χ1v) is 13.9. The van der Waals surface area contributed by atoms with Crippen LogP contribution < -0.4 is 0 Å². The number of fused-ring (bicyclic) bond motifs is 1. The molecule has 2 aromatic carbocycles. The molecule has 0 amide bonds. The van der Waals surface area contributed by atoms with Gasteiger partial charge in [0.15, 0.2) is 0 Å². The number of nitrogens with one attached hydrogen (secondary N) is 1. The third-order valence-electron chi connectivity index (χ3n) is 7.42. The summed E-state index contributed by atoms with van der Waals surface area (Å²) >= 11 is 0. The molecule has 33 heavy (non-hydrogen) atoms. The Balaban J connectivity index is 1.20. The topological polar surface area (TPSA) is 62.4 Å². The van der Waals surface area contributed by atoms with Crippen LogP contribution in [0.3, 0.4) is 0 Å². The molecule has 176 valence electrons. The van der Waals surface area contributed by atoms with Gasteiger partial charge in [0.05, 0.1) is 12.4 Å². The van der Waals surface area contributed by atoms with Gasteiger partial charge in [0.2, 0.25) is 10.0 Å². The molecule has 0 atom stereocenters. The van der Waals surface area contributed by atoms with Crippen molar-refractivity contribution in [3.05, 3.63) is 60.3 Å². The summed E-state index contributed by atoms with van der Waals surface area (Å²) in [5.41, 5.74) is 4.86. The van der Waals surface area contributed by atoms with Crippen molar-refractivity contribution in [2.24, 2.45) is 5.92 Å². The summed E-state index contributed by atoms with van der Waals surface area (Å²) in [6.45, 7) is 2.19. The zero-order chi connectivity index (χ0) is 22.7. The van der Waals surface area contributed by atoms with Crippen LogP contribution in [0.15, 0.2) is 54.7 Å². The van der Waals surface area contributed by atoms with Gasteiger partial charge in [0.25, 0.3) is 0 Å². The predicted molar refractivity (Wildman–Crippen MR) is 134 cm³/mol. The first-order valence-electron chi connectivity index (χ1n) is 12.3. The number of sulfonamides is 1. The van der Waals surface area contributed by atoms with Crippen molar-refractivity contribution in [1.82, 2.24) is 9.29 Å². The fraction of sp³-hybridized carbons (Fsp3) is 0.481. The Morgan fingerprint density at radius 1 is 0.939 bits per heavy atom. The van der Waals surface area contributed by atoms with Crippen LogP contribution in [-0.2, 0) is 14.8 Å². The number of ether oxygens (including phenoxy) is 1. The Hall–Kier alpha value is -2.15. The number of aromatic nitrogens is 1. The molecule has 2 heterocycles. The van der Waals surface area contributed by atoms with Crippen LogP contribution in [0.5, 0.6) is 0 Å². The maximum absolute atomic E-state index is 12.8. The summed E-state index contributed by atoms with van der Waals surface area (Å²) in [6.07, 6.45) is 8.83. The Morgan fingerprint density at radius 3 is 2.45 bits per heavy atom. The molecule has 0 unspecified atom stereocenters. The highest BCUT2D eigenvalue weighted by atomic mass is 32.2. The maximum atomic E-state index is 12.8. The predicted octanol–water partition coefficient (Wildman–Crippen LogP) is 5.55. The van der Waals surface area contributed by atoms with E-state index < -0.39 is 10.0 Å². The standard InChI is InChI=1S/C27H34N2O3S/c30-33(31,17-16-32-20-21-6-4-5-7-21)29-14-12-23(13-15-29)26-19-28-27-11-10-24(18-25(26)27)22-8-2-1-3-9-22/h1-3,8-11,18-19,21,23,28H,4-7,12-17,20H2. The van der Waals surface area contributed by atoms with Crippen LogP contribution >= 0.6 is 0 Å². The van der Waals surface area contributed by atoms with Crippen LogP contribution in [0, 0.1) is 5.92 Å². The van der Waals surface area contributed by atoms with Gasteiger partial charge in [-0.15, -0.1) is 0 Å². The van der Waals surface area contributed by atoms with Gasteiger partial charge in [-0.1, -0.05) is 49.2 Å². The van der Waals surface area contributed by atoms with E-state index in [1.54, 1.807) is 4.31 Å². The SMILES string of the molecule is O=S(=O)(CCOCC1CCCC1)N1CCC(c2c[nH]c3ccc(-c4ccccc4)cc23)CC1. The number of nitrogens with zero attached hydrogens (tertiary/aromatic N) is 1. The van der Waals surface area contributed by atoms with Gasteiger partial charge in [0, 0.05) is 36.8 Å². The minimum Gasteiger partial charge on any atom is -0.380 e. The maximum Gasteiger partial charge on any atom is 0.216 e. The molecular formula is C27H34N2O3S. The highest BCUT2D eigenvalue weighted by Crippen LogP contribution is 2.35. The molecular weight excluding hydrogens is 432 g/mol. The van der Waals surface area contributed by atoms with Crippen molar-refractivity contribution < 1.29 is 13.2 Å². The molecule has 6 heteroatoms. The summed E-state index contributed by atoms with van der Waals surface area (Å²) in [7, 11) is -3.26. The van der Waals surface area contributed by atoms with Gasteiger partial charge >= 0.3 is 0 Å². The largest absolute Gasteiger partial charge is 0.380 e. The normalized spacial score (nSPS) is 18.9. The van der Waals surface area contributed by atoms with E-state index in [9.17, 15) is 8.42 Å². The van der Waals surface area contributed by atoms with E-state index in [0.717, 1.165) is 18.4 Å². The zero-order valence-electron chi connectivity index (χ0n) is 19.2. The Kier molecular flexibility index (Phi) is 6.86. The third kappa shape index (κ3) is 5.18. The summed E-state index contributed by atoms with van der Waals surface area (Å²) < 4.78 is 33.0. The molecule has 1 aromatic heterocycles. The summed E-state index contributed by atoms with van der Waals surface area (Å²) in [5, 5.41) is 1.25. The number of H-pyrrole nitrogens is 1. The van der Waals surface area contributed by atoms with Gasteiger partial charge in [-0.05, 0) is 66.3 Å². The molecule has 5 nitrogen and oxygen atoms in total. The monoisotopic (exact) mass is 466 g/mol. The molecule has 5 rings (SSSR count). The van der Waals surface area contributed by atoms with Crippen LogP contribution in [0.4, 0.5) is 0 Å².